The Morgan fingerprint density at radius 2 is 1.14 bits per heavy atom. The Labute approximate surface area is 146 Å². The molecule has 2 heteroatoms. The molecule has 0 aliphatic heterocycles. The van der Waals surface area contributed by atoms with Crippen LogP contribution in [-0.2, 0) is 12.8 Å². The summed E-state index contributed by atoms with van der Waals surface area (Å²) in [6.45, 7) is 1.18. The standard InChI is InChI=1S/C20H27N.BrH/c1-21(2)17-20(15-13-18-9-5-3-6-10-18)16-14-19-11-7-4-8-12-19;/h3-12,20H,13-17H2,1-2H3;1H. The molecule has 0 saturated carbocycles. The Balaban J connectivity index is 0.00000242. The second-order valence-corrected chi connectivity index (χ2v) is 6.18. The van der Waals surface area contributed by atoms with Crippen molar-refractivity contribution in [2.24, 2.45) is 5.92 Å². The van der Waals surface area contributed by atoms with E-state index in [0.717, 1.165) is 5.92 Å². The molecule has 0 N–H and O–H groups in total. The minimum Gasteiger partial charge on any atom is -0.309 e. The van der Waals surface area contributed by atoms with Crippen molar-refractivity contribution in [1.82, 2.24) is 4.90 Å². The van der Waals surface area contributed by atoms with Crippen molar-refractivity contribution in [3.05, 3.63) is 71.8 Å². The van der Waals surface area contributed by atoms with E-state index in [9.17, 15) is 0 Å². The van der Waals surface area contributed by atoms with Crippen molar-refractivity contribution in [3.63, 3.8) is 0 Å². The number of benzene rings is 2. The summed E-state index contributed by atoms with van der Waals surface area (Å²) in [5.74, 6) is 0.764. The minimum atomic E-state index is 0. The van der Waals surface area contributed by atoms with Gasteiger partial charge in [0.05, 0.1) is 0 Å². The van der Waals surface area contributed by atoms with E-state index in [4.69, 9.17) is 0 Å². The van der Waals surface area contributed by atoms with Gasteiger partial charge in [0.2, 0.25) is 0 Å². The maximum atomic E-state index is 2.32. The molecule has 0 bridgehead atoms. The summed E-state index contributed by atoms with van der Waals surface area (Å²) in [4.78, 5) is 2.32. The van der Waals surface area contributed by atoms with Gasteiger partial charge in [0.15, 0.2) is 0 Å². The number of hydrogen-bond acceptors (Lipinski definition) is 1. The lowest BCUT2D eigenvalue weighted by molar-refractivity contribution is 0.299. The highest BCUT2D eigenvalue weighted by atomic mass is 79.9. The van der Waals surface area contributed by atoms with Crippen LogP contribution >= 0.6 is 17.0 Å². The second kappa shape index (κ2) is 10.6. The topological polar surface area (TPSA) is 3.24 Å². The number of halogens is 1. The first kappa shape index (κ1) is 18.9. The molecular formula is C20H28BrN. The molecule has 2 aromatic rings. The average Bonchev–Trinajstić information content (AvgIpc) is 2.51. The van der Waals surface area contributed by atoms with Crippen molar-refractivity contribution in [2.75, 3.05) is 20.6 Å². The molecule has 2 rings (SSSR count). The Morgan fingerprint density at radius 1 is 0.727 bits per heavy atom. The maximum Gasteiger partial charge on any atom is 0.000379 e. The maximum absolute atomic E-state index is 2.32. The lowest BCUT2D eigenvalue weighted by Gasteiger charge is -2.21. The molecule has 0 unspecified atom stereocenters. The quantitative estimate of drug-likeness (QED) is 0.638. The van der Waals surface area contributed by atoms with Crippen LogP contribution in [0.5, 0.6) is 0 Å². The molecule has 2 aromatic carbocycles. The second-order valence-electron chi connectivity index (χ2n) is 6.18. The summed E-state index contributed by atoms with van der Waals surface area (Å²) < 4.78 is 0. The van der Waals surface area contributed by atoms with Crippen LogP contribution in [0.25, 0.3) is 0 Å². The van der Waals surface area contributed by atoms with Crippen LogP contribution in [-0.4, -0.2) is 25.5 Å². The van der Waals surface area contributed by atoms with Crippen LogP contribution in [0.3, 0.4) is 0 Å². The van der Waals surface area contributed by atoms with Crippen molar-refractivity contribution in [2.45, 2.75) is 25.7 Å². The van der Waals surface area contributed by atoms with E-state index in [1.165, 1.54) is 43.4 Å². The molecule has 0 aliphatic rings. The zero-order chi connectivity index (χ0) is 14.9. The molecule has 22 heavy (non-hydrogen) atoms. The zero-order valence-corrected chi connectivity index (χ0v) is 15.5. The van der Waals surface area contributed by atoms with Crippen LogP contribution < -0.4 is 0 Å². The summed E-state index contributed by atoms with van der Waals surface area (Å²) in [5, 5.41) is 0. The van der Waals surface area contributed by atoms with Crippen molar-refractivity contribution in [1.29, 1.82) is 0 Å². The highest BCUT2D eigenvalue weighted by Crippen LogP contribution is 2.17. The van der Waals surface area contributed by atoms with E-state index in [1.54, 1.807) is 0 Å². The van der Waals surface area contributed by atoms with Gasteiger partial charge in [0, 0.05) is 6.54 Å². The molecule has 0 atom stereocenters. The monoisotopic (exact) mass is 361 g/mol. The van der Waals surface area contributed by atoms with Crippen molar-refractivity contribution < 1.29 is 0 Å². The fourth-order valence-electron chi connectivity index (χ4n) is 2.87. The van der Waals surface area contributed by atoms with Gasteiger partial charge in [-0.25, -0.2) is 0 Å². The predicted molar refractivity (Wildman–Crippen MR) is 102 cm³/mol. The van der Waals surface area contributed by atoms with Gasteiger partial charge in [-0.1, -0.05) is 60.7 Å². The summed E-state index contributed by atoms with van der Waals surface area (Å²) >= 11 is 0. The largest absolute Gasteiger partial charge is 0.309 e. The van der Waals surface area contributed by atoms with Crippen LogP contribution in [0, 0.1) is 5.92 Å². The molecule has 0 spiro atoms. The molecular weight excluding hydrogens is 334 g/mol. The number of aryl methyl sites for hydroxylation is 2. The molecule has 0 heterocycles. The summed E-state index contributed by atoms with van der Waals surface area (Å²) in [7, 11) is 4.36. The van der Waals surface area contributed by atoms with Crippen LogP contribution in [0.15, 0.2) is 60.7 Å². The van der Waals surface area contributed by atoms with Gasteiger partial charge in [-0.05, 0) is 56.8 Å². The van der Waals surface area contributed by atoms with Gasteiger partial charge >= 0.3 is 0 Å². The molecule has 1 nitrogen and oxygen atoms in total. The van der Waals surface area contributed by atoms with E-state index in [2.05, 4.69) is 79.7 Å². The normalized spacial score (nSPS) is 10.7. The third kappa shape index (κ3) is 7.24. The fraction of sp³-hybridized carbons (Fsp3) is 0.400. The minimum absolute atomic E-state index is 0. The Kier molecular flexibility index (Phi) is 9.10. The van der Waals surface area contributed by atoms with E-state index in [-0.39, 0.29) is 17.0 Å². The summed E-state index contributed by atoms with van der Waals surface area (Å²) in [5.41, 5.74) is 2.92. The molecule has 0 amide bonds. The van der Waals surface area contributed by atoms with Crippen LogP contribution in [0.1, 0.15) is 24.0 Å². The first-order chi connectivity index (χ1) is 10.2. The summed E-state index contributed by atoms with van der Waals surface area (Å²) in [6.07, 6.45) is 4.92. The molecule has 0 fully saturated rings. The Bertz CT molecular complexity index is 452. The lowest BCUT2D eigenvalue weighted by Crippen LogP contribution is -2.22. The first-order valence-corrected chi connectivity index (χ1v) is 7.96. The zero-order valence-electron chi connectivity index (χ0n) is 13.7. The SMILES string of the molecule is Br.CN(C)CC(CCc1ccccc1)CCc1ccccc1. The van der Waals surface area contributed by atoms with Gasteiger partial charge in [-0.15, -0.1) is 17.0 Å². The van der Waals surface area contributed by atoms with Crippen LogP contribution in [0.2, 0.25) is 0 Å². The lowest BCUT2D eigenvalue weighted by atomic mass is 9.93. The van der Waals surface area contributed by atoms with Gasteiger partial charge in [-0.2, -0.15) is 0 Å². The third-order valence-electron chi connectivity index (χ3n) is 3.99. The van der Waals surface area contributed by atoms with E-state index >= 15 is 0 Å². The Hall–Kier alpha value is -1.12. The molecule has 0 radical (unpaired) electrons. The van der Waals surface area contributed by atoms with Gasteiger partial charge in [-0.3, -0.25) is 0 Å². The van der Waals surface area contributed by atoms with E-state index in [0.29, 0.717) is 0 Å². The highest BCUT2D eigenvalue weighted by molar-refractivity contribution is 8.93. The number of nitrogens with zero attached hydrogens (tertiary/aromatic N) is 1. The van der Waals surface area contributed by atoms with Gasteiger partial charge < -0.3 is 4.90 Å². The molecule has 0 aromatic heterocycles. The molecule has 0 saturated heterocycles. The van der Waals surface area contributed by atoms with Crippen molar-refractivity contribution in [3.8, 4) is 0 Å². The van der Waals surface area contributed by atoms with E-state index < -0.39 is 0 Å². The average molecular weight is 362 g/mol. The first-order valence-electron chi connectivity index (χ1n) is 7.96. The third-order valence-corrected chi connectivity index (χ3v) is 3.99. The fourth-order valence-corrected chi connectivity index (χ4v) is 2.87. The van der Waals surface area contributed by atoms with Gasteiger partial charge in [0.25, 0.3) is 0 Å². The highest BCUT2D eigenvalue weighted by Gasteiger charge is 2.10. The molecule has 0 aliphatic carbocycles. The summed E-state index contributed by atoms with van der Waals surface area (Å²) in [6, 6.07) is 21.7. The van der Waals surface area contributed by atoms with E-state index in [1.807, 2.05) is 0 Å². The molecule has 120 valence electrons. The number of rotatable bonds is 8. The van der Waals surface area contributed by atoms with Crippen LogP contribution in [0.4, 0.5) is 0 Å². The Morgan fingerprint density at radius 3 is 1.50 bits per heavy atom. The predicted octanol–water partition coefficient (Wildman–Crippen LogP) is 5.01. The van der Waals surface area contributed by atoms with Crippen molar-refractivity contribution >= 4 is 17.0 Å². The number of hydrogen-bond donors (Lipinski definition) is 0. The van der Waals surface area contributed by atoms with Gasteiger partial charge in [0.1, 0.15) is 0 Å². The smallest absolute Gasteiger partial charge is 0.000379 e.